The number of ether oxygens (including phenoxy) is 1. The number of hydrogen-bond acceptors (Lipinski definition) is 3. The predicted molar refractivity (Wildman–Crippen MR) is 57.4 cm³/mol. The highest BCUT2D eigenvalue weighted by Crippen LogP contribution is 2.14. The number of nitrogens with two attached hydrogens (primary N) is 1. The van der Waals surface area contributed by atoms with Gasteiger partial charge in [-0.25, -0.2) is 0 Å². The van der Waals surface area contributed by atoms with Gasteiger partial charge in [0.15, 0.2) is 0 Å². The summed E-state index contributed by atoms with van der Waals surface area (Å²) in [6.07, 6.45) is -2.70. The number of hydrogen-bond donors (Lipinski definition) is 1. The Hall–Kier alpha value is -0.820. The maximum atomic E-state index is 11.8. The van der Waals surface area contributed by atoms with E-state index in [4.69, 9.17) is 5.73 Å². The smallest absolute Gasteiger partial charge is 0.362 e. The molecule has 0 aromatic rings. The Morgan fingerprint density at radius 3 is 2.47 bits per heavy atom. The van der Waals surface area contributed by atoms with E-state index in [1.807, 2.05) is 6.92 Å². The summed E-state index contributed by atoms with van der Waals surface area (Å²) >= 11 is 0. The average molecular weight is 256 g/mol. The maximum Gasteiger partial charge on any atom is 0.411 e. The largest absolute Gasteiger partial charge is 0.411 e. The molecule has 2 N–H and O–H groups in total. The van der Waals surface area contributed by atoms with Crippen LogP contribution in [0.1, 0.15) is 19.8 Å². The van der Waals surface area contributed by atoms with Crippen LogP contribution in [0.3, 0.4) is 0 Å². The second-order valence-electron chi connectivity index (χ2n) is 3.63. The number of alkyl halides is 3. The highest BCUT2D eigenvalue weighted by Gasteiger charge is 2.28. The van der Waals surface area contributed by atoms with Crippen molar-refractivity contribution < 1.29 is 22.7 Å². The third kappa shape index (κ3) is 8.93. The lowest BCUT2D eigenvalue weighted by molar-refractivity contribution is -0.177. The normalized spacial score (nSPS) is 11.6. The lowest BCUT2D eigenvalue weighted by Crippen LogP contribution is -2.39. The summed E-state index contributed by atoms with van der Waals surface area (Å²) in [7, 11) is 0. The number of halogens is 3. The van der Waals surface area contributed by atoms with Crippen molar-refractivity contribution in [2.45, 2.75) is 25.9 Å². The monoisotopic (exact) mass is 256 g/mol. The molecule has 0 rings (SSSR count). The molecule has 0 aliphatic rings. The third-order valence-electron chi connectivity index (χ3n) is 2.02. The van der Waals surface area contributed by atoms with E-state index in [-0.39, 0.29) is 6.54 Å². The lowest BCUT2D eigenvalue weighted by atomic mass is 10.3. The number of carbonyl (C=O) groups is 1. The second-order valence-corrected chi connectivity index (χ2v) is 3.63. The van der Waals surface area contributed by atoms with Gasteiger partial charge in [-0.15, -0.1) is 0 Å². The van der Waals surface area contributed by atoms with Gasteiger partial charge in [0.25, 0.3) is 0 Å². The molecule has 0 bridgehead atoms. The molecule has 4 nitrogen and oxygen atoms in total. The Morgan fingerprint density at radius 1 is 1.35 bits per heavy atom. The van der Waals surface area contributed by atoms with Gasteiger partial charge >= 0.3 is 6.18 Å². The van der Waals surface area contributed by atoms with E-state index >= 15 is 0 Å². The van der Waals surface area contributed by atoms with Gasteiger partial charge in [-0.05, 0) is 6.42 Å². The van der Waals surface area contributed by atoms with Crippen LogP contribution in [0.2, 0.25) is 0 Å². The van der Waals surface area contributed by atoms with E-state index in [1.165, 1.54) is 4.90 Å². The van der Waals surface area contributed by atoms with E-state index in [1.54, 1.807) is 0 Å². The van der Waals surface area contributed by atoms with Gasteiger partial charge in [0, 0.05) is 19.6 Å². The number of rotatable bonds is 8. The molecule has 0 aromatic carbocycles. The Kier molecular flexibility index (Phi) is 7.90. The molecule has 0 heterocycles. The molecule has 0 aliphatic heterocycles. The Labute approximate surface area is 98.9 Å². The third-order valence-corrected chi connectivity index (χ3v) is 2.02. The summed E-state index contributed by atoms with van der Waals surface area (Å²) in [5, 5.41) is 0. The highest BCUT2D eigenvalue weighted by atomic mass is 19.4. The van der Waals surface area contributed by atoms with E-state index in [9.17, 15) is 18.0 Å². The van der Waals surface area contributed by atoms with E-state index in [2.05, 4.69) is 4.74 Å². The molecule has 102 valence electrons. The van der Waals surface area contributed by atoms with E-state index < -0.39 is 25.3 Å². The molecule has 0 atom stereocenters. The van der Waals surface area contributed by atoms with Crippen LogP contribution in [0.5, 0.6) is 0 Å². The molecule has 0 aromatic heterocycles. The zero-order chi connectivity index (χ0) is 13.3. The predicted octanol–water partition coefficient (Wildman–Crippen LogP) is 1.15. The van der Waals surface area contributed by atoms with Crippen LogP contribution in [-0.2, 0) is 9.53 Å². The van der Waals surface area contributed by atoms with Crippen molar-refractivity contribution in [3.8, 4) is 0 Å². The molecule has 0 spiro atoms. The van der Waals surface area contributed by atoms with Gasteiger partial charge in [0.2, 0.25) is 5.91 Å². The summed E-state index contributed by atoms with van der Waals surface area (Å²) < 4.78 is 39.7. The van der Waals surface area contributed by atoms with Crippen molar-refractivity contribution in [3.05, 3.63) is 0 Å². The number of carbonyl (C=O) groups excluding carboxylic acids is 1. The first-order valence-corrected chi connectivity index (χ1v) is 5.53. The molecule has 7 heteroatoms. The van der Waals surface area contributed by atoms with Crippen LogP contribution in [0, 0.1) is 0 Å². The second kappa shape index (κ2) is 8.30. The van der Waals surface area contributed by atoms with Crippen molar-refractivity contribution in [1.82, 2.24) is 4.90 Å². The quantitative estimate of drug-likeness (QED) is 0.709. The molecule has 0 aliphatic carbocycles. The molecular weight excluding hydrogens is 237 g/mol. The fraction of sp³-hybridized carbons (Fsp3) is 0.900. The van der Waals surface area contributed by atoms with Crippen molar-refractivity contribution >= 4 is 5.91 Å². The fourth-order valence-corrected chi connectivity index (χ4v) is 1.21. The van der Waals surface area contributed by atoms with Gasteiger partial charge in [-0.3, -0.25) is 4.79 Å². The van der Waals surface area contributed by atoms with Crippen molar-refractivity contribution in [2.24, 2.45) is 5.73 Å². The van der Waals surface area contributed by atoms with E-state index in [0.717, 1.165) is 12.8 Å². The minimum atomic E-state index is -4.40. The van der Waals surface area contributed by atoms with Crippen molar-refractivity contribution in [2.75, 3.05) is 32.8 Å². The molecule has 1 amide bonds. The minimum absolute atomic E-state index is 0.286. The summed E-state index contributed by atoms with van der Waals surface area (Å²) in [4.78, 5) is 12.9. The van der Waals surface area contributed by atoms with Gasteiger partial charge in [0.1, 0.15) is 13.2 Å². The summed E-state index contributed by atoms with van der Waals surface area (Å²) in [6, 6.07) is 0. The Bertz CT molecular complexity index is 222. The first-order valence-electron chi connectivity index (χ1n) is 5.53. The summed E-state index contributed by atoms with van der Waals surface area (Å²) in [5.74, 6) is -0.451. The minimum Gasteiger partial charge on any atom is -0.362 e. The van der Waals surface area contributed by atoms with Crippen molar-refractivity contribution in [1.29, 1.82) is 0 Å². The Morgan fingerprint density at radius 2 is 2.00 bits per heavy atom. The maximum absolute atomic E-state index is 11.8. The van der Waals surface area contributed by atoms with Crippen LogP contribution in [0.15, 0.2) is 0 Å². The fourth-order valence-electron chi connectivity index (χ4n) is 1.21. The first kappa shape index (κ1) is 16.2. The standard InChI is InChI=1S/C10H19F3N2O2/c1-2-3-5-15(6-4-14)9(16)7-17-8-10(11,12)13/h2-8,14H2,1H3. The average Bonchev–Trinajstić information content (AvgIpc) is 2.22. The number of amides is 1. The SMILES string of the molecule is CCCCN(CCN)C(=O)COCC(F)(F)F. The van der Waals surface area contributed by atoms with Crippen molar-refractivity contribution in [3.63, 3.8) is 0 Å². The van der Waals surface area contributed by atoms with E-state index in [0.29, 0.717) is 13.1 Å². The van der Waals surface area contributed by atoms with Gasteiger partial charge in [-0.1, -0.05) is 13.3 Å². The topological polar surface area (TPSA) is 55.6 Å². The Balaban J connectivity index is 3.96. The van der Waals surface area contributed by atoms with Crippen LogP contribution in [0.25, 0.3) is 0 Å². The molecular formula is C10H19F3N2O2. The molecule has 17 heavy (non-hydrogen) atoms. The highest BCUT2D eigenvalue weighted by molar-refractivity contribution is 5.77. The van der Waals surface area contributed by atoms with Gasteiger partial charge in [0.05, 0.1) is 0 Å². The summed E-state index contributed by atoms with van der Waals surface area (Å²) in [5.41, 5.74) is 5.32. The lowest BCUT2D eigenvalue weighted by Gasteiger charge is -2.21. The molecule has 0 saturated carbocycles. The number of unbranched alkanes of at least 4 members (excludes halogenated alkanes) is 1. The van der Waals surface area contributed by atoms with Crippen LogP contribution in [0.4, 0.5) is 13.2 Å². The van der Waals surface area contributed by atoms with Crippen LogP contribution < -0.4 is 5.73 Å². The molecule has 0 radical (unpaired) electrons. The van der Waals surface area contributed by atoms with Gasteiger partial charge < -0.3 is 15.4 Å². The zero-order valence-corrected chi connectivity index (χ0v) is 9.92. The molecule has 0 saturated heterocycles. The zero-order valence-electron chi connectivity index (χ0n) is 9.92. The molecule has 0 unspecified atom stereocenters. The van der Waals surface area contributed by atoms with Crippen LogP contribution >= 0.6 is 0 Å². The van der Waals surface area contributed by atoms with Crippen LogP contribution in [-0.4, -0.2) is 49.8 Å². The van der Waals surface area contributed by atoms with Gasteiger partial charge in [-0.2, -0.15) is 13.2 Å². The number of nitrogens with zero attached hydrogens (tertiary/aromatic N) is 1. The summed E-state index contributed by atoms with van der Waals surface area (Å²) in [6.45, 7) is 1.14. The first-order chi connectivity index (χ1) is 7.90. The molecule has 0 fully saturated rings.